The number of aromatic carboxylic acids is 1. The lowest BCUT2D eigenvalue weighted by Crippen LogP contribution is -2.13. The van der Waals surface area contributed by atoms with Gasteiger partial charge in [-0.1, -0.05) is 0 Å². The third-order valence-corrected chi connectivity index (χ3v) is 2.78. The Morgan fingerprint density at radius 2 is 2.25 bits per heavy atom. The van der Waals surface area contributed by atoms with E-state index in [9.17, 15) is 4.79 Å². The van der Waals surface area contributed by atoms with Crippen LogP contribution in [0.5, 0.6) is 0 Å². The number of hydrogen-bond donors (Lipinski definition) is 2. The van der Waals surface area contributed by atoms with E-state index in [1.165, 1.54) is 0 Å². The van der Waals surface area contributed by atoms with Gasteiger partial charge in [-0.25, -0.2) is 9.79 Å². The van der Waals surface area contributed by atoms with Gasteiger partial charge < -0.3 is 10.8 Å². The summed E-state index contributed by atoms with van der Waals surface area (Å²) in [6.45, 7) is 1.79. The minimum absolute atomic E-state index is 0.0739. The van der Waals surface area contributed by atoms with Crippen LogP contribution in [0.15, 0.2) is 17.1 Å². The molecule has 6 heteroatoms. The molecule has 86 valence electrons. The number of carbonyl (C=O) groups is 1. The van der Waals surface area contributed by atoms with Crippen molar-refractivity contribution in [2.24, 2.45) is 10.7 Å². The number of nitrogens with two attached hydrogens (primary N) is 1. The molecule has 0 heterocycles. The highest BCUT2D eigenvalue weighted by Gasteiger charge is 2.13. The van der Waals surface area contributed by atoms with E-state index < -0.39 is 5.97 Å². The minimum atomic E-state index is -1.03. The number of aliphatic imine (C=N–C) groups is 1. The van der Waals surface area contributed by atoms with Crippen LogP contribution >= 0.6 is 34.2 Å². The van der Waals surface area contributed by atoms with Crippen LogP contribution in [0.2, 0.25) is 0 Å². The monoisotopic (exact) mass is 352 g/mol. The second-order valence-electron chi connectivity index (χ2n) is 3.16. The van der Waals surface area contributed by atoms with Crippen LogP contribution in [0.1, 0.15) is 15.9 Å². The predicted molar refractivity (Wildman–Crippen MR) is 72.9 cm³/mol. The fourth-order valence-electron chi connectivity index (χ4n) is 1.22. The maximum atomic E-state index is 11.0. The molecular weight excluding hydrogens is 342 g/mol. The third kappa shape index (κ3) is 3.08. The summed E-state index contributed by atoms with van der Waals surface area (Å²) in [6, 6.07) is 3.39. The molecular formula is C10H10ClIN2O2. The van der Waals surface area contributed by atoms with Gasteiger partial charge in [0.1, 0.15) is 5.84 Å². The Morgan fingerprint density at radius 3 is 2.75 bits per heavy atom. The van der Waals surface area contributed by atoms with Gasteiger partial charge in [-0.15, -0.1) is 11.6 Å². The highest BCUT2D eigenvalue weighted by atomic mass is 127. The molecule has 1 aromatic carbocycles. The molecule has 1 rings (SSSR count). The van der Waals surface area contributed by atoms with Crippen molar-refractivity contribution in [1.29, 1.82) is 0 Å². The van der Waals surface area contributed by atoms with Crippen molar-refractivity contribution in [3.63, 3.8) is 0 Å². The SMILES string of the molecule is Cc1cc(I)cc(C(=O)O)c1N=C(N)CCl. The Morgan fingerprint density at radius 1 is 1.62 bits per heavy atom. The molecule has 3 N–H and O–H groups in total. The van der Waals surface area contributed by atoms with Gasteiger partial charge >= 0.3 is 5.97 Å². The number of amidine groups is 1. The first kappa shape index (κ1) is 13.2. The normalized spacial score (nSPS) is 11.6. The molecule has 0 aliphatic heterocycles. The maximum Gasteiger partial charge on any atom is 0.337 e. The van der Waals surface area contributed by atoms with E-state index in [1.807, 2.05) is 6.07 Å². The van der Waals surface area contributed by atoms with Crippen LogP contribution in [-0.4, -0.2) is 22.8 Å². The van der Waals surface area contributed by atoms with Gasteiger partial charge in [-0.05, 0) is 47.2 Å². The summed E-state index contributed by atoms with van der Waals surface area (Å²) in [5.74, 6) is -0.749. The molecule has 0 radical (unpaired) electrons. The average Bonchev–Trinajstić information content (AvgIpc) is 2.20. The first-order valence-electron chi connectivity index (χ1n) is 4.38. The van der Waals surface area contributed by atoms with E-state index in [-0.39, 0.29) is 17.3 Å². The third-order valence-electron chi connectivity index (χ3n) is 1.89. The summed E-state index contributed by atoms with van der Waals surface area (Å²) in [4.78, 5) is 15.1. The van der Waals surface area contributed by atoms with Gasteiger partial charge in [-0.2, -0.15) is 0 Å². The number of aryl methyl sites for hydroxylation is 1. The van der Waals surface area contributed by atoms with E-state index in [4.69, 9.17) is 22.4 Å². The zero-order chi connectivity index (χ0) is 12.3. The fraction of sp³-hybridized carbons (Fsp3) is 0.200. The van der Waals surface area contributed by atoms with Crippen LogP contribution in [0.25, 0.3) is 0 Å². The largest absolute Gasteiger partial charge is 0.478 e. The number of benzene rings is 1. The fourth-order valence-corrected chi connectivity index (χ4v) is 2.06. The molecule has 0 spiro atoms. The predicted octanol–water partition coefficient (Wildman–Crippen LogP) is 2.53. The summed E-state index contributed by atoms with van der Waals surface area (Å²) in [6.07, 6.45) is 0. The number of carboxylic acids is 1. The molecule has 0 saturated carbocycles. The summed E-state index contributed by atoms with van der Waals surface area (Å²) in [5, 5.41) is 9.05. The second-order valence-corrected chi connectivity index (χ2v) is 4.67. The molecule has 0 amide bonds. The lowest BCUT2D eigenvalue weighted by molar-refractivity contribution is 0.0697. The molecule has 16 heavy (non-hydrogen) atoms. The van der Waals surface area contributed by atoms with Crippen molar-refractivity contribution in [1.82, 2.24) is 0 Å². The summed E-state index contributed by atoms with van der Waals surface area (Å²) in [5.41, 5.74) is 6.77. The van der Waals surface area contributed by atoms with Crippen LogP contribution in [0, 0.1) is 10.5 Å². The lowest BCUT2D eigenvalue weighted by atomic mass is 10.1. The molecule has 0 unspecified atom stereocenters. The van der Waals surface area contributed by atoms with Gasteiger partial charge in [0.2, 0.25) is 0 Å². The van der Waals surface area contributed by atoms with E-state index in [2.05, 4.69) is 27.6 Å². The van der Waals surface area contributed by atoms with Gasteiger partial charge in [0.05, 0.1) is 17.1 Å². The molecule has 1 aromatic rings. The van der Waals surface area contributed by atoms with Crippen molar-refractivity contribution in [2.45, 2.75) is 6.92 Å². The van der Waals surface area contributed by atoms with Crippen molar-refractivity contribution >= 4 is 51.7 Å². The first-order chi connectivity index (χ1) is 7.45. The zero-order valence-corrected chi connectivity index (χ0v) is 11.4. The second kappa shape index (κ2) is 5.49. The zero-order valence-electron chi connectivity index (χ0n) is 8.50. The molecule has 0 aliphatic carbocycles. The summed E-state index contributed by atoms with van der Waals surface area (Å²) >= 11 is 7.57. The Labute approximate surface area is 112 Å². The Balaban J connectivity index is 3.41. The van der Waals surface area contributed by atoms with Crippen LogP contribution < -0.4 is 5.73 Å². The highest BCUT2D eigenvalue weighted by Crippen LogP contribution is 2.26. The van der Waals surface area contributed by atoms with Crippen LogP contribution in [-0.2, 0) is 0 Å². The summed E-state index contributed by atoms with van der Waals surface area (Å²) < 4.78 is 0.843. The number of nitrogens with zero attached hydrogens (tertiary/aromatic N) is 1. The molecule has 0 saturated heterocycles. The summed E-state index contributed by atoms with van der Waals surface area (Å²) in [7, 11) is 0. The minimum Gasteiger partial charge on any atom is -0.478 e. The topological polar surface area (TPSA) is 75.7 Å². The lowest BCUT2D eigenvalue weighted by Gasteiger charge is -2.07. The maximum absolute atomic E-state index is 11.0. The molecule has 4 nitrogen and oxygen atoms in total. The molecule has 0 atom stereocenters. The van der Waals surface area contributed by atoms with E-state index in [0.717, 1.165) is 9.13 Å². The Bertz CT molecular complexity index is 460. The van der Waals surface area contributed by atoms with Crippen LogP contribution in [0.3, 0.4) is 0 Å². The Hall–Kier alpha value is -0.820. The smallest absolute Gasteiger partial charge is 0.337 e. The van der Waals surface area contributed by atoms with Crippen molar-refractivity contribution < 1.29 is 9.90 Å². The number of halogens is 2. The van der Waals surface area contributed by atoms with E-state index in [0.29, 0.717) is 5.69 Å². The van der Waals surface area contributed by atoms with Gasteiger partial charge in [-0.3, -0.25) is 0 Å². The van der Waals surface area contributed by atoms with Crippen molar-refractivity contribution in [3.05, 3.63) is 26.8 Å². The van der Waals surface area contributed by atoms with Gasteiger partial charge in [0.15, 0.2) is 0 Å². The van der Waals surface area contributed by atoms with E-state index in [1.54, 1.807) is 13.0 Å². The Kier molecular flexibility index (Phi) is 4.55. The first-order valence-corrected chi connectivity index (χ1v) is 5.99. The molecule has 0 aromatic heterocycles. The molecule has 0 bridgehead atoms. The van der Waals surface area contributed by atoms with Gasteiger partial charge in [0, 0.05) is 3.57 Å². The number of carboxylic acid groups (broad SMARTS) is 1. The van der Waals surface area contributed by atoms with E-state index >= 15 is 0 Å². The molecule has 0 fully saturated rings. The van der Waals surface area contributed by atoms with Crippen molar-refractivity contribution in [3.8, 4) is 0 Å². The van der Waals surface area contributed by atoms with Crippen molar-refractivity contribution in [2.75, 3.05) is 5.88 Å². The number of alkyl halides is 1. The quantitative estimate of drug-likeness (QED) is 0.380. The van der Waals surface area contributed by atoms with Crippen LogP contribution in [0.4, 0.5) is 5.69 Å². The van der Waals surface area contributed by atoms with Gasteiger partial charge in [0.25, 0.3) is 0 Å². The number of rotatable bonds is 3. The average molecular weight is 353 g/mol. The standard InChI is InChI=1S/C10H10ClIN2O2/c1-5-2-6(12)3-7(10(15)16)9(5)14-8(13)4-11/h2-3H,4H2,1H3,(H2,13,14)(H,15,16). The molecule has 0 aliphatic rings. The number of hydrogen-bond acceptors (Lipinski definition) is 2. The highest BCUT2D eigenvalue weighted by molar-refractivity contribution is 14.1.